The van der Waals surface area contributed by atoms with Gasteiger partial charge in [0.1, 0.15) is 11.5 Å². The highest BCUT2D eigenvalue weighted by Gasteiger charge is 2.54. The van der Waals surface area contributed by atoms with E-state index < -0.39 is 5.41 Å². The first-order valence-electron chi connectivity index (χ1n) is 8.88. The average Bonchev–Trinajstić information content (AvgIpc) is 2.65. The highest BCUT2D eigenvalue weighted by molar-refractivity contribution is 6.31. The molecule has 1 aromatic carbocycles. The van der Waals surface area contributed by atoms with Crippen LogP contribution in [0.1, 0.15) is 43.5 Å². The first kappa shape index (κ1) is 17.2. The molecule has 1 fully saturated rings. The number of carbonyl (C=O) groups is 1. The second-order valence-corrected chi connectivity index (χ2v) is 7.60. The first-order valence-corrected chi connectivity index (χ1v) is 9.26. The van der Waals surface area contributed by atoms with Crippen molar-refractivity contribution in [2.75, 3.05) is 7.05 Å². The van der Waals surface area contributed by atoms with Crippen LogP contribution in [0.25, 0.3) is 0 Å². The van der Waals surface area contributed by atoms with Gasteiger partial charge >= 0.3 is 0 Å². The summed E-state index contributed by atoms with van der Waals surface area (Å²) in [6, 6.07) is 7.40. The third-order valence-corrected chi connectivity index (χ3v) is 6.13. The van der Waals surface area contributed by atoms with Gasteiger partial charge in [0.25, 0.3) is 0 Å². The lowest BCUT2D eigenvalue weighted by molar-refractivity contribution is -0.136. The lowest BCUT2D eigenvalue weighted by atomic mass is 9.63. The quantitative estimate of drug-likeness (QED) is 0.811. The highest BCUT2D eigenvalue weighted by Crippen LogP contribution is 2.51. The van der Waals surface area contributed by atoms with Crippen molar-refractivity contribution in [3.8, 4) is 0 Å². The molecule has 5 nitrogen and oxygen atoms in total. The predicted molar refractivity (Wildman–Crippen MR) is 101 cm³/mol. The lowest BCUT2D eigenvalue weighted by Gasteiger charge is -2.52. The SMILES string of the molecule is CN1C(c2cnccn2)=NC(c2ccccc2Cl)C2(C)C(=O)CCCC12. The molecular weight excluding hydrogens is 348 g/mol. The number of carbonyl (C=O) groups excluding carboxylic acids is 1. The maximum Gasteiger partial charge on any atom is 0.152 e. The van der Waals surface area contributed by atoms with Crippen LogP contribution in [0.3, 0.4) is 0 Å². The van der Waals surface area contributed by atoms with E-state index >= 15 is 0 Å². The molecule has 1 saturated carbocycles. The Morgan fingerprint density at radius 3 is 2.81 bits per heavy atom. The zero-order chi connectivity index (χ0) is 18.3. The molecule has 2 heterocycles. The number of ketones is 1. The molecule has 0 radical (unpaired) electrons. The summed E-state index contributed by atoms with van der Waals surface area (Å²) in [4.78, 5) is 28.8. The van der Waals surface area contributed by atoms with Gasteiger partial charge in [0.2, 0.25) is 0 Å². The van der Waals surface area contributed by atoms with Gasteiger partial charge < -0.3 is 4.90 Å². The van der Waals surface area contributed by atoms with Crippen LogP contribution in [0.2, 0.25) is 5.02 Å². The van der Waals surface area contributed by atoms with Crippen molar-refractivity contribution in [3.05, 3.63) is 59.1 Å². The highest BCUT2D eigenvalue weighted by atomic mass is 35.5. The lowest BCUT2D eigenvalue weighted by Crippen LogP contribution is -2.59. The van der Waals surface area contributed by atoms with Gasteiger partial charge in [-0.3, -0.25) is 14.8 Å². The van der Waals surface area contributed by atoms with E-state index in [2.05, 4.69) is 14.9 Å². The van der Waals surface area contributed by atoms with Gasteiger partial charge in [-0.2, -0.15) is 0 Å². The molecule has 0 spiro atoms. The number of halogens is 1. The number of benzene rings is 1. The minimum Gasteiger partial charge on any atom is -0.354 e. The molecular formula is C20H21ClN4O. The van der Waals surface area contributed by atoms with Crippen molar-refractivity contribution < 1.29 is 4.79 Å². The summed E-state index contributed by atoms with van der Waals surface area (Å²) in [6.45, 7) is 2.04. The zero-order valence-corrected chi connectivity index (χ0v) is 15.6. The summed E-state index contributed by atoms with van der Waals surface area (Å²) in [7, 11) is 2.00. The maximum absolute atomic E-state index is 13.1. The number of amidine groups is 1. The molecule has 0 saturated heterocycles. The van der Waals surface area contributed by atoms with E-state index in [1.165, 1.54) is 0 Å². The molecule has 26 heavy (non-hydrogen) atoms. The number of hydrogen-bond acceptors (Lipinski definition) is 5. The monoisotopic (exact) mass is 368 g/mol. The third-order valence-electron chi connectivity index (χ3n) is 5.79. The molecule has 0 bridgehead atoms. The van der Waals surface area contributed by atoms with E-state index in [0.29, 0.717) is 17.1 Å². The Morgan fingerprint density at radius 1 is 1.27 bits per heavy atom. The van der Waals surface area contributed by atoms with E-state index in [1.54, 1.807) is 18.6 Å². The molecule has 3 unspecified atom stereocenters. The Labute approximate surface area is 158 Å². The van der Waals surface area contributed by atoms with Gasteiger partial charge in [0, 0.05) is 36.9 Å². The topological polar surface area (TPSA) is 58.5 Å². The second-order valence-electron chi connectivity index (χ2n) is 7.19. The maximum atomic E-state index is 13.1. The van der Waals surface area contributed by atoms with Crippen LogP contribution in [0.4, 0.5) is 0 Å². The van der Waals surface area contributed by atoms with E-state index in [1.807, 2.05) is 38.2 Å². The molecule has 134 valence electrons. The van der Waals surface area contributed by atoms with Crippen LogP contribution in [-0.4, -0.2) is 39.6 Å². The number of hydrogen-bond donors (Lipinski definition) is 0. The summed E-state index contributed by atoms with van der Waals surface area (Å²) in [6.07, 6.45) is 7.46. The number of nitrogens with zero attached hydrogens (tertiary/aromatic N) is 4. The molecule has 0 amide bonds. The standard InChI is InChI=1S/C20H21ClN4O/c1-20-16(8-5-9-17(20)26)25(2)19(15-12-22-10-11-23-15)24-18(20)13-6-3-4-7-14(13)21/h3-4,6-7,10-12,16,18H,5,8-9H2,1-2H3. The zero-order valence-electron chi connectivity index (χ0n) is 14.9. The van der Waals surface area contributed by atoms with Crippen LogP contribution >= 0.6 is 11.6 Å². The fraction of sp³-hybridized carbons (Fsp3) is 0.400. The van der Waals surface area contributed by atoms with Gasteiger partial charge in [-0.1, -0.05) is 29.8 Å². The second kappa shape index (κ2) is 6.47. The van der Waals surface area contributed by atoms with E-state index in [4.69, 9.17) is 16.6 Å². The summed E-state index contributed by atoms with van der Waals surface area (Å²) in [5.41, 5.74) is 1.00. The Hall–Kier alpha value is -2.27. The number of Topliss-reactive ketones (excluding diaryl/α,β-unsaturated/α-hetero) is 1. The molecule has 1 aromatic heterocycles. The van der Waals surface area contributed by atoms with Gasteiger partial charge in [0.15, 0.2) is 5.84 Å². The molecule has 0 N–H and O–H groups in total. The van der Waals surface area contributed by atoms with E-state index in [-0.39, 0.29) is 17.9 Å². The minimum absolute atomic E-state index is 0.0551. The summed E-state index contributed by atoms with van der Waals surface area (Å²) < 4.78 is 0. The van der Waals surface area contributed by atoms with Crippen LogP contribution in [0.15, 0.2) is 47.8 Å². The van der Waals surface area contributed by atoms with Crippen molar-refractivity contribution in [2.24, 2.45) is 10.4 Å². The fourth-order valence-corrected chi connectivity index (χ4v) is 4.63. The fourth-order valence-electron chi connectivity index (χ4n) is 4.39. The van der Waals surface area contributed by atoms with Crippen LogP contribution in [-0.2, 0) is 4.79 Å². The molecule has 2 aromatic rings. The number of aromatic nitrogens is 2. The Balaban J connectivity index is 1.93. The Morgan fingerprint density at radius 2 is 2.08 bits per heavy atom. The van der Waals surface area contributed by atoms with E-state index in [9.17, 15) is 4.79 Å². The molecule has 1 aliphatic carbocycles. The predicted octanol–water partition coefficient (Wildman–Crippen LogP) is 3.69. The van der Waals surface area contributed by atoms with Crippen molar-refractivity contribution in [2.45, 2.75) is 38.3 Å². The molecule has 3 atom stereocenters. The number of aliphatic imine (C=N–C) groups is 1. The summed E-state index contributed by atoms with van der Waals surface area (Å²) in [5.74, 6) is 1.02. The number of rotatable bonds is 2. The van der Waals surface area contributed by atoms with Gasteiger partial charge in [0.05, 0.1) is 17.7 Å². The average molecular weight is 369 g/mol. The van der Waals surface area contributed by atoms with Crippen molar-refractivity contribution in [1.82, 2.24) is 14.9 Å². The Kier molecular flexibility index (Phi) is 4.27. The number of fused-ring (bicyclic) bond motifs is 1. The summed E-state index contributed by atoms with van der Waals surface area (Å²) in [5, 5.41) is 0.641. The molecule has 1 aliphatic heterocycles. The first-order chi connectivity index (χ1) is 12.5. The van der Waals surface area contributed by atoms with Crippen LogP contribution in [0, 0.1) is 5.41 Å². The summed E-state index contributed by atoms with van der Waals surface area (Å²) >= 11 is 6.51. The molecule has 2 aliphatic rings. The normalized spacial score (nSPS) is 28.5. The van der Waals surface area contributed by atoms with Crippen LogP contribution < -0.4 is 0 Å². The van der Waals surface area contributed by atoms with E-state index in [0.717, 1.165) is 24.2 Å². The van der Waals surface area contributed by atoms with Gasteiger partial charge in [-0.15, -0.1) is 0 Å². The van der Waals surface area contributed by atoms with Crippen molar-refractivity contribution in [1.29, 1.82) is 0 Å². The van der Waals surface area contributed by atoms with Crippen LogP contribution in [0.5, 0.6) is 0 Å². The van der Waals surface area contributed by atoms with Gasteiger partial charge in [-0.05, 0) is 31.4 Å². The smallest absolute Gasteiger partial charge is 0.152 e. The van der Waals surface area contributed by atoms with Crippen molar-refractivity contribution in [3.63, 3.8) is 0 Å². The minimum atomic E-state index is -0.607. The molecule has 4 rings (SSSR count). The Bertz CT molecular complexity index is 869. The van der Waals surface area contributed by atoms with Crippen molar-refractivity contribution >= 4 is 23.2 Å². The molecule has 6 heteroatoms. The largest absolute Gasteiger partial charge is 0.354 e. The van der Waals surface area contributed by atoms with Gasteiger partial charge in [-0.25, -0.2) is 4.98 Å². The third kappa shape index (κ3) is 2.53.